The molecule has 0 aliphatic carbocycles. The predicted molar refractivity (Wildman–Crippen MR) is 76.6 cm³/mol. The van der Waals surface area contributed by atoms with E-state index in [-0.39, 0.29) is 0 Å². The van der Waals surface area contributed by atoms with Crippen LogP contribution in [0.3, 0.4) is 0 Å². The van der Waals surface area contributed by atoms with Crippen molar-refractivity contribution in [2.45, 2.75) is 0 Å². The summed E-state index contributed by atoms with van der Waals surface area (Å²) in [5, 5.41) is 9.17. The molecule has 1 aromatic carbocycles. The van der Waals surface area contributed by atoms with E-state index in [1.54, 1.807) is 18.5 Å². The SMILES string of the molecule is CN(c1ccc2nccnc2n1)c1ccccc1C#N. The van der Waals surface area contributed by atoms with Crippen LogP contribution < -0.4 is 4.90 Å². The smallest absolute Gasteiger partial charge is 0.180 e. The van der Waals surface area contributed by atoms with Crippen molar-refractivity contribution in [1.29, 1.82) is 5.26 Å². The van der Waals surface area contributed by atoms with Crippen molar-refractivity contribution in [3.8, 4) is 6.07 Å². The molecule has 0 N–H and O–H groups in total. The number of nitrogens with zero attached hydrogens (tertiary/aromatic N) is 5. The van der Waals surface area contributed by atoms with Gasteiger partial charge in [-0.1, -0.05) is 12.1 Å². The van der Waals surface area contributed by atoms with Crippen LogP contribution in [0.1, 0.15) is 5.56 Å². The van der Waals surface area contributed by atoms with Gasteiger partial charge < -0.3 is 4.90 Å². The molecule has 0 aliphatic heterocycles. The van der Waals surface area contributed by atoms with Gasteiger partial charge in [0.1, 0.15) is 17.4 Å². The van der Waals surface area contributed by atoms with Crippen LogP contribution in [0.5, 0.6) is 0 Å². The van der Waals surface area contributed by atoms with Crippen LogP contribution in [-0.4, -0.2) is 22.0 Å². The highest BCUT2D eigenvalue weighted by atomic mass is 15.2. The van der Waals surface area contributed by atoms with Crippen molar-refractivity contribution in [3.63, 3.8) is 0 Å². The van der Waals surface area contributed by atoms with Gasteiger partial charge in [0.15, 0.2) is 5.65 Å². The largest absolute Gasteiger partial charge is 0.328 e. The van der Waals surface area contributed by atoms with E-state index in [0.717, 1.165) is 17.0 Å². The Bertz CT molecular complexity index is 806. The number of hydrogen-bond acceptors (Lipinski definition) is 5. The Hall–Kier alpha value is -3.00. The molecule has 0 spiro atoms. The van der Waals surface area contributed by atoms with E-state index in [1.165, 1.54) is 0 Å². The van der Waals surface area contributed by atoms with Gasteiger partial charge in [0, 0.05) is 19.4 Å². The van der Waals surface area contributed by atoms with Crippen LogP contribution in [0.4, 0.5) is 11.5 Å². The van der Waals surface area contributed by atoms with E-state index in [1.807, 2.05) is 42.3 Å². The van der Waals surface area contributed by atoms with Gasteiger partial charge in [-0.15, -0.1) is 0 Å². The van der Waals surface area contributed by atoms with Gasteiger partial charge in [-0.3, -0.25) is 4.98 Å². The van der Waals surface area contributed by atoms with E-state index in [2.05, 4.69) is 21.0 Å². The molecule has 20 heavy (non-hydrogen) atoms. The molecule has 96 valence electrons. The fourth-order valence-electron chi connectivity index (χ4n) is 2.02. The molecule has 5 heteroatoms. The molecule has 0 fully saturated rings. The number of fused-ring (bicyclic) bond motifs is 1. The van der Waals surface area contributed by atoms with Crippen LogP contribution in [0.15, 0.2) is 48.8 Å². The first-order valence-corrected chi connectivity index (χ1v) is 6.10. The molecule has 5 nitrogen and oxygen atoms in total. The minimum Gasteiger partial charge on any atom is -0.328 e. The molecular weight excluding hydrogens is 250 g/mol. The van der Waals surface area contributed by atoms with Crippen molar-refractivity contribution in [3.05, 3.63) is 54.4 Å². The van der Waals surface area contributed by atoms with Crippen molar-refractivity contribution in [2.24, 2.45) is 0 Å². The summed E-state index contributed by atoms with van der Waals surface area (Å²) in [7, 11) is 1.88. The summed E-state index contributed by atoms with van der Waals surface area (Å²) in [6.45, 7) is 0. The van der Waals surface area contributed by atoms with Gasteiger partial charge >= 0.3 is 0 Å². The molecule has 3 aromatic rings. The number of hydrogen-bond donors (Lipinski definition) is 0. The zero-order valence-electron chi connectivity index (χ0n) is 10.9. The molecule has 3 rings (SSSR count). The topological polar surface area (TPSA) is 65.7 Å². The lowest BCUT2D eigenvalue weighted by Crippen LogP contribution is -2.12. The van der Waals surface area contributed by atoms with Gasteiger partial charge in [-0.25, -0.2) is 9.97 Å². The molecule has 0 atom stereocenters. The molecule has 0 saturated carbocycles. The van der Waals surface area contributed by atoms with Crippen molar-refractivity contribution >= 4 is 22.7 Å². The molecule has 2 heterocycles. The Morgan fingerprint density at radius 3 is 2.70 bits per heavy atom. The Balaban J connectivity index is 2.08. The van der Waals surface area contributed by atoms with Crippen molar-refractivity contribution in [1.82, 2.24) is 15.0 Å². The highest BCUT2D eigenvalue weighted by molar-refractivity contribution is 5.74. The number of aromatic nitrogens is 3. The lowest BCUT2D eigenvalue weighted by atomic mass is 10.2. The molecule has 0 saturated heterocycles. The second-order valence-corrected chi connectivity index (χ2v) is 4.26. The summed E-state index contributed by atoms with van der Waals surface area (Å²) < 4.78 is 0. The Morgan fingerprint density at radius 2 is 1.85 bits per heavy atom. The summed E-state index contributed by atoms with van der Waals surface area (Å²) in [6.07, 6.45) is 3.25. The molecule has 0 amide bonds. The second-order valence-electron chi connectivity index (χ2n) is 4.26. The van der Waals surface area contributed by atoms with E-state index < -0.39 is 0 Å². The summed E-state index contributed by atoms with van der Waals surface area (Å²) in [4.78, 5) is 14.7. The molecule has 0 radical (unpaired) electrons. The van der Waals surface area contributed by atoms with Gasteiger partial charge in [-0.2, -0.15) is 5.26 Å². The maximum Gasteiger partial charge on any atom is 0.180 e. The molecule has 0 aliphatic rings. The average molecular weight is 261 g/mol. The lowest BCUT2D eigenvalue weighted by molar-refractivity contribution is 1.12. The Labute approximate surface area is 116 Å². The van der Waals surface area contributed by atoms with E-state index in [9.17, 15) is 0 Å². The van der Waals surface area contributed by atoms with Crippen LogP contribution in [0, 0.1) is 11.3 Å². The van der Waals surface area contributed by atoms with Crippen LogP contribution in [-0.2, 0) is 0 Å². The fourth-order valence-corrected chi connectivity index (χ4v) is 2.02. The third-order valence-corrected chi connectivity index (χ3v) is 3.05. The summed E-state index contributed by atoms with van der Waals surface area (Å²) in [6, 6.07) is 13.3. The standard InChI is InChI=1S/C15H11N5/c1-20(13-5-3-2-4-11(13)10-16)14-7-6-12-15(19-14)18-9-8-17-12/h2-9H,1H3. The number of para-hydroxylation sites is 1. The minimum absolute atomic E-state index is 0.589. The monoisotopic (exact) mass is 261 g/mol. The fraction of sp³-hybridized carbons (Fsp3) is 0.0667. The number of anilines is 2. The van der Waals surface area contributed by atoms with Crippen molar-refractivity contribution < 1.29 is 0 Å². The molecule has 0 unspecified atom stereocenters. The third-order valence-electron chi connectivity index (χ3n) is 3.05. The van der Waals surface area contributed by atoms with Gasteiger partial charge in [0.25, 0.3) is 0 Å². The van der Waals surface area contributed by atoms with Gasteiger partial charge in [0.2, 0.25) is 0 Å². The summed E-state index contributed by atoms with van der Waals surface area (Å²) in [5.41, 5.74) is 2.76. The Kier molecular flexibility index (Phi) is 2.98. The average Bonchev–Trinajstić information content (AvgIpc) is 2.53. The maximum atomic E-state index is 9.17. The zero-order chi connectivity index (χ0) is 13.9. The number of benzene rings is 1. The second kappa shape index (κ2) is 4.94. The highest BCUT2D eigenvalue weighted by Crippen LogP contribution is 2.25. The molecule has 0 bridgehead atoms. The number of nitriles is 1. The van der Waals surface area contributed by atoms with E-state index in [0.29, 0.717) is 11.2 Å². The number of rotatable bonds is 2. The van der Waals surface area contributed by atoms with Crippen molar-refractivity contribution in [2.75, 3.05) is 11.9 Å². The number of pyridine rings is 1. The molecular formula is C15H11N5. The summed E-state index contributed by atoms with van der Waals surface area (Å²) >= 11 is 0. The van der Waals surface area contributed by atoms with E-state index in [4.69, 9.17) is 5.26 Å². The van der Waals surface area contributed by atoms with E-state index >= 15 is 0 Å². The Morgan fingerprint density at radius 1 is 1.05 bits per heavy atom. The highest BCUT2D eigenvalue weighted by Gasteiger charge is 2.10. The first-order valence-electron chi connectivity index (χ1n) is 6.10. The predicted octanol–water partition coefficient (Wildman–Crippen LogP) is 2.66. The maximum absolute atomic E-state index is 9.17. The quantitative estimate of drug-likeness (QED) is 0.709. The summed E-state index contributed by atoms with van der Waals surface area (Å²) in [5.74, 6) is 0.723. The first-order chi connectivity index (χ1) is 9.79. The normalized spacial score (nSPS) is 10.2. The van der Waals surface area contributed by atoms with Crippen LogP contribution >= 0.6 is 0 Å². The lowest BCUT2D eigenvalue weighted by Gasteiger charge is -2.19. The third kappa shape index (κ3) is 2.04. The minimum atomic E-state index is 0.589. The van der Waals surface area contributed by atoms with Gasteiger partial charge in [-0.05, 0) is 24.3 Å². The van der Waals surface area contributed by atoms with Crippen LogP contribution in [0.25, 0.3) is 11.2 Å². The van der Waals surface area contributed by atoms with Gasteiger partial charge in [0.05, 0.1) is 11.3 Å². The first kappa shape index (κ1) is 12.1. The molecule has 2 aromatic heterocycles. The zero-order valence-corrected chi connectivity index (χ0v) is 10.9. The van der Waals surface area contributed by atoms with Crippen LogP contribution in [0.2, 0.25) is 0 Å².